The van der Waals surface area contributed by atoms with Crippen LogP contribution in [0.1, 0.15) is 5.56 Å². The van der Waals surface area contributed by atoms with Gasteiger partial charge < -0.3 is 5.73 Å². The average molecular weight is 205 g/mol. The summed E-state index contributed by atoms with van der Waals surface area (Å²) < 4.78 is 3.32. The Morgan fingerprint density at radius 3 is 2.53 bits per heavy atom. The zero-order chi connectivity index (χ0) is 11.0. The van der Waals surface area contributed by atoms with E-state index < -0.39 is 0 Å². The first-order chi connectivity index (χ1) is 7.15. The molecule has 15 heavy (non-hydrogen) atoms. The van der Waals surface area contributed by atoms with E-state index in [1.165, 1.54) is 5.56 Å². The van der Waals surface area contributed by atoms with Crippen molar-refractivity contribution in [2.45, 2.75) is 6.42 Å². The summed E-state index contributed by atoms with van der Waals surface area (Å²) in [6.45, 7) is 0.631. The van der Waals surface area contributed by atoms with Crippen LogP contribution in [0.4, 0.5) is 0 Å². The minimum Gasteiger partial charge on any atom is -0.330 e. The number of aryl methyl sites for hydroxylation is 2. The van der Waals surface area contributed by atoms with Gasteiger partial charge in [-0.05, 0) is 30.7 Å². The standard InChI is InChI=1S/C11H15N3O/c1-13-9-4-3-8(5-6-12)7-10(9)14(2)11(13)15/h3-4,7H,5-6,12H2,1-2H3. The molecule has 0 aliphatic heterocycles. The van der Waals surface area contributed by atoms with E-state index in [9.17, 15) is 4.79 Å². The van der Waals surface area contributed by atoms with Gasteiger partial charge in [-0.15, -0.1) is 0 Å². The lowest BCUT2D eigenvalue weighted by molar-refractivity contribution is 0.795. The highest BCUT2D eigenvalue weighted by atomic mass is 16.1. The van der Waals surface area contributed by atoms with Crippen LogP contribution in [0.3, 0.4) is 0 Å². The van der Waals surface area contributed by atoms with Crippen molar-refractivity contribution in [2.75, 3.05) is 6.54 Å². The van der Waals surface area contributed by atoms with Crippen LogP contribution in [0.15, 0.2) is 23.0 Å². The molecule has 2 rings (SSSR count). The molecule has 2 aromatic rings. The molecule has 0 amide bonds. The van der Waals surface area contributed by atoms with Gasteiger partial charge in [-0.25, -0.2) is 4.79 Å². The number of aromatic nitrogens is 2. The van der Waals surface area contributed by atoms with Gasteiger partial charge in [0, 0.05) is 14.1 Å². The van der Waals surface area contributed by atoms with Gasteiger partial charge in [-0.3, -0.25) is 9.13 Å². The van der Waals surface area contributed by atoms with Gasteiger partial charge in [0.2, 0.25) is 0 Å². The summed E-state index contributed by atoms with van der Waals surface area (Å²) >= 11 is 0. The Morgan fingerprint density at radius 2 is 1.87 bits per heavy atom. The number of fused-ring (bicyclic) bond motifs is 1. The number of hydrogen-bond acceptors (Lipinski definition) is 2. The minimum atomic E-state index is 0.00917. The van der Waals surface area contributed by atoms with Crippen LogP contribution in [0.2, 0.25) is 0 Å². The second-order valence-electron chi connectivity index (χ2n) is 3.76. The molecule has 1 aromatic heterocycles. The van der Waals surface area contributed by atoms with Crippen molar-refractivity contribution in [1.29, 1.82) is 0 Å². The van der Waals surface area contributed by atoms with Crippen molar-refractivity contribution in [3.63, 3.8) is 0 Å². The van der Waals surface area contributed by atoms with Crippen molar-refractivity contribution in [3.05, 3.63) is 34.2 Å². The summed E-state index contributed by atoms with van der Waals surface area (Å²) in [5.74, 6) is 0. The topological polar surface area (TPSA) is 53.0 Å². The Labute approximate surface area is 87.9 Å². The number of hydrogen-bond donors (Lipinski definition) is 1. The molecule has 0 unspecified atom stereocenters. The predicted molar refractivity (Wildman–Crippen MR) is 60.9 cm³/mol. The fourth-order valence-corrected chi connectivity index (χ4v) is 1.87. The van der Waals surface area contributed by atoms with Crippen molar-refractivity contribution in [2.24, 2.45) is 19.8 Å². The van der Waals surface area contributed by atoms with Crippen LogP contribution in [-0.4, -0.2) is 15.7 Å². The fourth-order valence-electron chi connectivity index (χ4n) is 1.87. The Balaban J connectivity index is 2.71. The monoisotopic (exact) mass is 205 g/mol. The van der Waals surface area contributed by atoms with Crippen LogP contribution in [0.5, 0.6) is 0 Å². The second kappa shape index (κ2) is 3.55. The van der Waals surface area contributed by atoms with Crippen LogP contribution in [0, 0.1) is 0 Å². The smallest absolute Gasteiger partial charge is 0.328 e. The molecule has 0 fully saturated rings. The third-order valence-corrected chi connectivity index (χ3v) is 2.77. The molecule has 0 spiro atoms. The zero-order valence-corrected chi connectivity index (χ0v) is 9.03. The highest BCUT2D eigenvalue weighted by molar-refractivity contribution is 5.76. The fraction of sp³-hybridized carbons (Fsp3) is 0.364. The van der Waals surface area contributed by atoms with Crippen molar-refractivity contribution in [1.82, 2.24) is 9.13 Å². The normalized spacial score (nSPS) is 11.1. The third kappa shape index (κ3) is 1.47. The van der Waals surface area contributed by atoms with Crippen molar-refractivity contribution in [3.8, 4) is 0 Å². The number of nitrogens with zero attached hydrogens (tertiary/aromatic N) is 2. The van der Waals surface area contributed by atoms with E-state index in [1.807, 2.05) is 18.2 Å². The average Bonchev–Trinajstić information content (AvgIpc) is 2.45. The van der Waals surface area contributed by atoms with Crippen LogP contribution in [-0.2, 0) is 20.5 Å². The summed E-state index contributed by atoms with van der Waals surface area (Å²) in [4.78, 5) is 11.7. The predicted octanol–water partition coefficient (Wildman–Crippen LogP) is 0.378. The van der Waals surface area contributed by atoms with Crippen molar-refractivity contribution < 1.29 is 0 Å². The van der Waals surface area contributed by atoms with Gasteiger partial charge in [-0.1, -0.05) is 6.07 Å². The molecule has 1 aromatic carbocycles. The molecule has 1 heterocycles. The summed E-state index contributed by atoms with van der Waals surface area (Å²) in [6.07, 6.45) is 0.846. The molecule has 0 bridgehead atoms. The van der Waals surface area contributed by atoms with Gasteiger partial charge in [0.1, 0.15) is 0 Å². The summed E-state index contributed by atoms with van der Waals surface area (Å²) in [7, 11) is 3.57. The molecular formula is C11H15N3O. The first-order valence-corrected chi connectivity index (χ1v) is 4.99. The molecule has 0 atom stereocenters. The summed E-state index contributed by atoms with van der Waals surface area (Å²) in [6, 6.07) is 6.03. The largest absolute Gasteiger partial charge is 0.330 e. The van der Waals surface area contributed by atoms with Gasteiger partial charge in [0.25, 0.3) is 0 Å². The lowest BCUT2D eigenvalue weighted by Gasteiger charge is -2.00. The first kappa shape index (κ1) is 9.98. The van der Waals surface area contributed by atoms with E-state index in [-0.39, 0.29) is 5.69 Å². The van der Waals surface area contributed by atoms with Gasteiger partial charge in [0.05, 0.1) is 11.0 Å². The Hall–Kier alpha value is -1.55. The van der Waals surface area contributed by atoms with E-state index in [4.69, 9.17) is 5.73 Å². The van der Waals surface area contributed by atoms with E-state index in [1.54, 1.807) is 23.2 Å². The molecule has 0 aliphatic carbocycles. The van der Waals surface area contributed by atoms with Gasteiger partial charge in [-0.2, -0.15) is 0 Å². The zero-order valence-electron chi connectivity index (χ0n) is 9.03. The maximum Gasteiger partial charge on any atom is 0.328 e. The van der Waals surface area contributed by atoms with E-state index in [2.05, 4.69) is 0 Å². The number of rotatable bonds is 2. The van der Waals surface area contributed by atoms with Gasteiger partial charge >= 0.3 is 5.69 Å². The summed E-state index contributed by atoms with van der Waals surface area (Å²) in [5.41, 5.74) is 8.61. The SMILES string of the molecule is Cn1c(=O)n(C)c2cc(CCN)ccc21. The molecule has 4 heteroatoms. The highest BCUT2D eigenvalue weighted by Crippen LogP contribution is 2.13. The van der Waals surface area contributed by atoms with E-state index >= 15 is 0 Å². The van der Waals surface area contributed by atoms with Crippen LogP contribution in [0.25, 0.3) is 11.0 Å². The Kier molecular flexibility index (Phi) is 2.36. The second-order valence-corrected chi connectivity index (χ2v) is 3.76. The lowest BCUT2D eigenvalue weighted by Crippen LogP contribution is -2.19. The van der Waals surface area contributed by atoms with Gasteiger partial charge in [0.15, 0.2) is 0 Å². The number of benzene rings is 1. The highest BCUT2D eigenvalue weighted by Gasteiger charge is 2.07. The molecule has 80 valence electrons. The molecule has 0 saturated carbocycles. The minimum absolute atomic E-state index is 0.00917. The summed E-state index contributed by atoms with van der Waals surface area (Å²) in [5, 5.41) is 0. The third-order valence-electron chi connectivity index (χ3n) is 2.77. The van der Waals surface area contributed by atoms with Crippen molar-refractivity contribution >= 4 is 11.0 Å². The number of imidazole rings is 1. The molecule has 4 nitrogen and oxygen atoms in total. The lowest BCUT2D eigenvalue weighted by atomic mass is 10.1. The molecule has 0 radical (unpaired) electrons. The molecule has 0 aliphatic rings. The van der Waals surface area contributed by atoms with Crippen LogP contribution < -0.4 is 11.4 Å². The van der Waals surface area contributed by atoms with E-state index in [0.29, 0.717) is 6.54 Å². The molecular weight excluding hydrogens is 190 g/mol. The molecule has 0 saturated heterocycles. The maximum absolute atomic E-state index is 11.7. The molecule has 2 N–H and O–H groups in total. The Morgan fingerprint density at radius 1 is 1.20 bits per heavy atom. The quantitative estimate of drug-likeness (QED) is 0.770. The Bertz CT molecular complexity index is 551. The first-order valence-electron chi connectivity index (χ1n) is 4.99. The van der Waals surface area contributed by atoms with Crippen LogP contribution >= 0.6 is 0 Å². The van der Waals surface area contributed by atoms with E-state index in [0.717, 1.165) is 17.5 Å². The number of nitrogens with two attached hydrogens (primary N) is 1. The maximum atomic E-state index is 11.7.